The van der Waals surface area contributed by atoms with Gasteiger partial charge in [-0.25, -0.2) is 4.79 Å². The lowest BCUT2D eigenvalue weighted by Crippen LogP contribution is -2.34. The third kappa shape index (κ3) is 2.93. The second-order valence-electron chi connectivity index (χ2n) is 4.57. The molecule has 20 heavy (non-hydrogen) atoms. The number of fused-ring (bicyclic) bond motifs is 1. The zero-order valence-corrected chi connectivity index (χ0v) is 11.7. The molecule has 1 aliphatic heterocycles. The molecule has 1 aromatic carbocycles. The molecule has 2 aromatic rings. The van der Waals surface area contributed by atoms with Crippen LogP contribution >= 0.6 is 11.8 Å². The smallest absolute Gasteiger partial charge is 0.319 e. The van der Waals surface area contributed by atoms with Crippen molar-refractivity contribution in [1.82, 2.24) is 10.3 Å². The van der Waals surface area contributed by atoms with Crippen LogP contribution in [0.2, 0.25) is 0 Å². The van der Waals surface area contributed by atoms with Crippen LogP contribution in [0.3, 0.4) is 0 Å². The van der Waals surface area contributed by atoms with Crippen LogP contribution in [0.25, 0.3) is 0 Å². The Kier molecular flexibility index (Phi) is 3.87. The zero-order chi connectivity index (χ0) is 13.8. The van der Waals surface area contributed by atoms with E-state index in [1.807, 2.05) is 30.0 Å². The molecule has 0 radical (unpaired) electrons. The molecule has 0 fully saturated rings. The summed E-state index contributed by atoms with van der Waals surface area (Å²) in [5.74, 6) is 1.02. The van der Waals surface area contributed by atoms with Crippen LogP contribution in [-0.4, -0.2) is 16.8 Å². The number of pyridine rings is 1. The summed E-state index contributed by atoms with van der Waals surface area (Å²) < 4.78 is 0. The first kappa shape index (κ1) is 13.0. The number of thioether (sulfide) groups is 1. The van der Waals surface area contributed by atoms with Gasteiger partial charge in [0.15, 0.2) is 0 Å². The molecule has 0 bridgehead atoms. The summed E-state index contributed by atoms with van der Waals surface area (Å²) in [6, 6.07) is 11.7. The number of aromatic nitrogens is 1. The third-order valence-corrected chi connectivity index (χ3v) is 4.31. The van der Waals surface area contributed by atoms with E-state index in [1.165, 1.54) is 10.5 Å². The topological polar surface area (TPSA) is 54.0 Å². The quantitative estimate of drug-likeness (QED) is 0.888. The maximum atomic E-state index is 12.0. The van der Waals surface area contributed by atoms with Crippen molar-refractivity contribution >= 4 is 23.5 Å². The number of rotatable bonds is 2. The highest BCUT2D eigenvalue weighted by atomic mass is 32.2. The van der Waals surface area contributed by atoms with Crippen LogP contribution < -0.4 is 10.6 Å². The van der Waals surface area contributed by atoms with Crippen molar-refractivity contribution in [3.05, 3.63) is 54.4 Å². The predicted octanol–water partition coefficient (Wildman–Crippen LogP) is 3.44. The summed E-state index contributed by atoms with van der Waals surface area (Å²) in [4.78, 5) is 17.3. The Balaban J connectivity index is 1.68. The highest BCUT2D eigenvalue weighted by Gasteiger charge is 2.21. The maximum absolute atomic E-state index is 12.0. The van der Waals surface area contributed by atoms with Gasteiger partial charge in [0, 0.05) is 16.8 Å². The fourth-order valence-electron chi connectivity index (χ4n) is 2.25. The summed E-state index contributed by atoms with van der Waals surface area (Å²) in [6.07, 6.45) is 4.25. The molecule has 1 aromatic heterocycles. The molecule has 102 valence electrons. The first-order chi connectivity index (χ1) is 9.83. The molecule has 1 aliphatic rings. The van der Waals surface area contributed by atoms with Gasteiger partial charge in [0.2, 0.25) is 0 Å². The van der Waals surface area contributed by atoms with Crippen LogP contribution in [0.1, 0.15) is 18.0 Å². The van der Waals surface area contributed by atoms with Crippen LogP contribution in [-0.2, 0) is 0 Å². The normalized spacial score (nSPS) is 17.1. The Hall–Kier alpha value is -2.01. The van der Waals surface area contributed by atoms with Crippen molar-refractivity contribution in [3.8, 4) is 0 Å². The molecular weight excluding hydrogens is 270 g/mol. The van der Waals surface area contributed by atoms with E-state index >= 15 is 0 Å². The van der Waals surface area contributed by atoms with E-state index in [0.29, 0.717) is 5.69 Å². The number of amides is 2. The van der Waals surface area contributed by atoms with Crippen molar-refractivity contribution in [3.63, 3.8) is 0 Å². The zero-order valence-electron chi connectivity index (χ0n) is 10.9. The summed E-state index contributed by atoms with van der Waals surface area (Å²) in [7, 11) is 0. The van der Waals surface area contributed by atoms with Gasteiger partial charge >= 0.3 is 6.03 Å². The molecule has 0 saturated carbocycles. The van der Waals surface area contributed by atoms with Crippen LogP contribution in [0.15, 0.2) is 53.7 Å². The van der Waals surface area contributed by atoms with Crippen molar-refractivity contribution in [2.75, 3.05) is 11.1 Å². The summed E-state index contributed by atoms with van der Waals surface area (Å²) in [5, 5.41) is 5.83. The lowest BCUT2D eigenvalue weighted by molar-refractivity contribution is 0.248. The number of carbonyl (C=O) groups excluding carboxylic acids is 1. The predicted molar refractivity (Wildman–Crippen MR) is 80.9 cm³/mol. The molecular formula is C15H15N3OS. The van der Waals surface area contributed by atoms with Gasteiger partial charge in [-0.15, -0.1) is 11.8 Å². The van der Waals surface area contributed by atoms with Crippen LogP contribution in [0.4, 0.5) is 10.5 Å². The van der Waals surface area contributed by atoms with E-state index in [9.17, 15) is 4.79 Å². The number of hydrogen-bond donors (Lipinski definition) is 2. The van der Waals surface area contributed by atoms with E-state index in [0.717, 1.165) is 12.2 Å². The fourth-order valence-corrected chi connectivity index (χ4v) is 3.38. The van der Waals surface area contributed by atoms with Gasteiger partial charge in [-0.1, -0.05) is 18.2 Å². The van der Waals surface area contributed by atoms with Crippen LogP contribution in [0.5, 0.6) is 0 Å². The Labute approximate surface area is 122 Å². The minimum atomic E-state index is -0.190. The number of hydrogen-bond acceptors (Lipinski definition) is 3. The Morgan fingerprint density at radius 1 is 1.25 bits per heavy atom. The van der Waals surface area contributed by atoms with E-state index in [4.69, 9.17) is 0 Å². The highest BCUT2D eigenvalue weighted by molar-refractivity contribution is 7.99. The van der Waals surface area contributed by atoms with Crippen molar-refractivity contribution in [2.45, 2.75) is 17.4 Å². The molecule has 0 aliphatic carbocycles. The van der Waals surface area contributed by atoms with E-state index in [-0.39, 0.29) is 12.1 Å². The SMILES string of the molecule is O=C(Nc1cccnc1)NC1CCSc2ccccc21. The molecule has 2 heterocycles. The first-order valence-electron chi connectivity index (χ1n) is 6.52. The minimum Gasteiger partial charge on any atom is -0.331 e. The maximum Gasteiger partial charge on any atom is 0.319 e. The molecule has 2 amide bonds. The third-order valence-electron chi connectivity index (χ3n) is 3.18. The highest BCUT2D eigenvalue weighted by Crippen LogP contribution is 2.35. The fraction of sp³-hybridized carbons (Fsp3) is 0.200. The van der Waals surface area contributed by atoms with E-state index in [2.05, 4.69) is 27.8 Å². The lowest BCUT2D eigenvalue weighted by atomic mass is 10.0. The monoisotopic (exact) mass is 285 g/mol. The number of benzene rings is 1. The van der Waals surface area contributed by atoms with Gasteiger partial charge in [0.1, 0.15) is 0 Å². The average molecular weight is 285 g/mol. The number of urea groups is 1. The number of nitrogens with one attached hydrogen (secondary N) is 2. The van der Waals surface area contributed by atoms with Crippen molar-refractivity contribution < 1.29 is 4.79 Å². The molecule has 1 unspecified atom stereocenters. The number of nitrogens with zero attached hydrogens (tertiary/aromatic N) is 1. The van der Waals surface area contributed by atoms with Crippen molar-refractivity contribution in [2.24, 2.45) is 0 Å². The molecule has 3 rings (SSSR count). The summed E-state index contributed by atoms with van der Waals surface area (Å²) >= 11 is 1.84. The van der Waals surface area contributed by atoms with E-state index < -0.39 is 0 Å². The van der Waals surface area contributed by atoms with Gasteiger partial charge in [-0.05, 0) is 30.2 Å². The number of carbonyl (C=O) groups is 1. The van der Waals surface area contributed by atoms with Crippen molar-refractivity contribution in [1.29, 1.82) is 0 Å². The first-order valence-corrected chi connectivity index (χ1v) is 7.51. The second-order valence-corrected chi connectivity index (χ2v) is 5.70. The van der Waals surface area contributed by atoms with Gasteiger partial charge in [0.25, 0.3) is 0 Å². The summed E-state index contributed by atoms with van der Waals surface area (Å²) in [6.45, 7) is 0. The molecule has 4 nitrogen and oxygen atoms in total. The summed E-state index contributed by atoms with van der Waals surface area (Å²) in [5.41, 5.74) is 1.90. The lowest BCUT2D eigenvalue weighted by Gasteiger charge is -2.25. The van der Waals surface area contributed by atoms with Gasteiger partial charge in [-0.3, -0.25) is 4.98 Å². The molecule has 2 N–H and O–H groups in total. The van der Waals surface area contributed by atoms with Gasteiger partial charge in [-0.2, -0.15) is 0 Å². The molecule has 0 spiro atoms. The average Bonchev–Trinajstić information content (AvgIpc) is 2.48. The largest absolute Gasteiger partial charge is 0.331 e. The molecule has 5 heteroatoms. The Bertz CT molecular complexity index is 603. The van der Waals surface area contributed by atoms with Gasteiger partial charge < -0.3 is 10.6 Å². The van der Waals surface area contributed by atoms with E-state index in [1.54, 1.807) is 18.5 Å². The molecule has 0 saturated heterocycles. The number of anilines is 1. The van der Waals surface area contributed by atoms with Gasteiger partial charge in [0.05, 0.1) is 17.9 Å². The molecule has 1 atom stereocenters. The Morgan fingerprint density at radius 2 is 2.15 bits per heavy atom. The standard InChI is InChI=1S/C15H15N3OS/c19-15(17-11-4-3-8-16-10-11)18-13-7-9-20-14-6-2-1-5-12(13)14/h1-6,8,10,13H,7,9H2,(H2,17,18,19). The second kappa shape index (κ2) is 5.96. The Morgan fingerprint density at radius 3 is 3.00 bits per heavy atom. The minimum absolute atomic E-state index is 0.0733. The van der Waals surface area contributed by atoms with Crippen LogP contribution in [0, 0.1) is 0 Å².